The quantitative estimate of drug-likeness (QED) is 0.427. The van der Waals surface area contributed by atoms with Crippen LogP contribution in [-0.4, -0.2) is 21.8 Å². The number of aromatic nitrogens is 2. The van der Waals surface area contributed by atoms with Crippen LogP contribution in [0, 0.1) is 6.92 Å². The highest BCUT2D eigenvalue weighted by Crippen LogP contribution is 2.32. The van der Waals surface area contributed by atoms with Gasteiger partial charge < -0.3 is 9.30 Å². The van der Waals surface area contributed by atoms with E-state index >= 15 is 0 Å². The van der Waals surface area contributed by atoms with Crippen molar-refractivity contribution in [1.82, 2.24) is 8.94 Å². The number of hydrogen-bond acceptors (Lipinski definition) is 4. The molecule has 0 aliphatic rings. The van der Waals surface area contributed by atoms with Gasteiger partial charge in [0.05, 0.1) is 17.6 Å². The van der Waals surface area contributed by atoms with Gasteiger partial charge in [-0.1, -0.05) is 23.7 Å². The van der Waals surface area contributed by atoms with Crippen molar-refractivity contribution in [2.75, 3.05) is 7.11 Å². The van der Waals surface area contributed by atoms with E-state index in [1.54, 1.807) is 19.4 Å². The summed E-state index contributed by atoms with van der Waals surface area (Å²) < 4.78 is 11.6. The molecule has 0 spiro atoms. The number of ketones is 1. The molecule has 0 unspecified atom stereocenters. The third-order valence-electron chi connectivity index (χ3n) is 4.67. The molecule has 0 bridgehead atoms. The van der Waals surface area contributed by atoms with Crippen LogP contribution in [0.25, 0.3) is 10.9 Å². The summed E-state index contributed by atoms with van der Waals surface area (Å²) in [6, 6.07) is 15.4. The van der Waals surface area contributed by atoms with E-state index in [1.165, 1.54) is 11.5 Å². The predicted molar refractivity (Wildman–Crippen MR) is 109 cm³/mol. The number of carbonyl (C=O) groups excluding carboxylic acids is 1. The SMILES string of the molecule is COc1ccc2c(c1)c(C(=O)c1ccns1)c(C)n2Cc1ccc(Cl)cc1. The van der Waals surface area contributed by atoms with Gasteiger partial charge in [-0.2, -0.15) is 0 Å². The van der Waals surface area contributed by atoms with E-state index in [0.29, 0.717) is 22.0 Å². The van der Waals surface area contributed by atoms with Crippen molar-refractivity contribution in [2.24, 2.45) is 0 Å². The van der Waals surface area contributed by atoms with Crippen LogP contribution in [0.1, 0.15) is 26.5 Å². The van der Waals surface area contributed by atoms with Crippen LogP contribution in [0.4, 0.5) is 0 Å². The monoisotopic (exact) mass is 396 g/mol. The van der Waals surface area contributed by atoms with E-state index in [4.69, 9.17) is 16.3 Å². The second kappa shape index (κ2) is 7.18. The molecule has 0 saturated carbocycles. The summed E-state index contributed by atoms with van der Waals surface area (Å²) >= 11 is 7.22. The Labute approximate surface area is 166 Å². The minimum atomic E-state index is -0.0110. The van der Waals surface area contributed by atoms with Crippen molar-refractivity contribution < 1.29 is 9.53 Å². The zero-order valence-electron chi connectivity index (χ0n) is 14.9. The van der Waals surface area contributed by atoms with Gasteiger partial charge in [0.2, 0.25) is 5.78 Å². The topological polar surface area (TPSA) is 44.1 Å². The summed E-state index contributed by atoms with van der Waals surface area (Å²) in [7, 11) is 1.63. The van der Waals surface area contributed by atoms with E-state index in [-0.39, 0.29) is 5.78 Å². The Bertz CT molecular complexity index is 1120. The lowest BCUT2D eigenvalue weighted by atomic mass is 10.1. The fourth-order valence-electron chi connectivity index (χ4n) is 3.31. The first-order valence-electron chi connectivity index (χ1n) is 8.45. The number of hydrogen-bond donors (Lipinski definition) is 0. The molecule has 27 heavy (non-hydrogen) atoms. The van der Waals surface area contributed by atoms with Crippen LogP contribution >= 0.6 is 23.1 Å². The first kappa shape index (κ1) is 17.8. The predicted octanol–water partition coefficient (Wildman–Crippen LogP) is 5.35. The van der Waals surface area contributed by atoms with Crippen LogP contribution in [0.3, 0.4) is 0 Å². The van der Waals surface area contributed by atoms with Gasteiger partial charge in [0.25, 0.3) is 0 Å². The lowest BCUT2D eigenvalue weighted by Crippen LogP contribution is -2.05. The normalized spacial score (nSPS) is 11.1. The third-order valence-corrected chi connectivity index (χ3v) is 5.67. The van der Waals surface area contributed by atoms with Gasteiger partial charge >= 0.3 is 0 Å². The molecule has 0 atom stereocenters. The minimum Gasteiger partial charge on any atom is -0.497 e. The Morgan fingerprint density at radius 2 is 1.96 bits per heavy atom. The largest absolute Gasteiger partial charge is 0.497 e. The number of nitrogens with zero attached hydrogens (tertiary/aromatic N) is 2. The van der Waals surface area contributed by atoms with Crippen LogP contribution in [0.2, 0.25) is 5.02 Å². The zero-order valence-corrected chi connectivity index (χ0v) is 16.5. The van der Waals surface area contributed by atoms with Crippen molar-refractivity contribution in [1.29, 1.82) is 0 Å². The molecule has 0 aliphatic carbocycles. The zero-order chi connectivity index (χ0) is 19.0. The van der Waals surface area contributed by atoms with Crippen molar-refractivity contribution in [3.05, 3.63) is 81.4 Å². The maximum absolute atomic E-state index is 13.2. The molecular formula is C21H17ClN2O2S. The number of benzene rings is 2. The lowest BCUT2D eigenvalue weighted by molar-refractivity contribution is 0.104. The Morgan fingerprint density at radius 3 is 2.63 bits per heavy atom. The number of halogens is 1. The first-order chi connectivity index (χ1) is 13.1. The Morgan fingerprint density at radius 1 is 1.19 bits per heavy atom. The van der Waals surface area contributed by atoms with Crippen LogP contribution in [0.5, 0.6) is 5.75 Å². The highest BCUT2D eigenvalue weighted by molar-refractivity contribution is 7.08. The molecule has 4 nitrogen and oxygen atoms in total. The number of fused-ring (bicyclic) bond motifs is 1. The molecule has 0 amide bonds. The Balaban J connectivity index is 1.90. The first-order valence-corrected chi connectivity index (χ1v) is 9.60. The molecule has 4 aromatic rings. The fourth-order valence-corrected chi connectivity index (χ4v) is 3.98. The van der Waals surface area contributed by atoms with Crippen molar-refractivity contribution in [3.8, 4) is 5.75 Å². The molecule has 136 valence electrons. The van der Waals surface area contributed by atoms with E-state index in [1.807, 2.05) is 49.4 Å². The molecule has 0 fully saturated rings. The molecular weight excluding hydrogens is 380 g/mol. The summed E-state index contributed by atoms with van der Waals surface area (Å²) in [6.07, 6.45) is 1.65. The van der Waals surface area contributed by atoms with Crippen LogP contribution < -0.4 is 4.74 Å². The van der Waals surface area contributed by atoms with Crippen molar-refractivity contribution in [2.45, 2.75) is 13.5 Å². The Kier molecular flexibility index (Phi) is 4.72. The molecule has 2 heterocycles. The molecule has 0 aliphatic heterocycles. The van der Waals surface area contributed by atoms with Crippen molar-refractivity contribution in [3.63, 3.8) is 0 Å². The maximum atomic E-state index is 13.2. The minimum absolute atomic E-state index is 0.0110. The van der Waals surface area contributed by atoms with Gasteiger partial charge in [0.1, 0.15) is 5.75 Å². The molecule has 0 N–H and O–H groups in total. The van der Waals surface area contributed by atoms with E-state index in [2.05, 4.69) is 8.94 Å². The smallest absolute Gasteiger partial charge is 0.206 e. The molecule has 2 aromatic heterocycles. The average Bonchev–Trinajstić information content (AvgIpc) is 3.30. The van der Waals surface area contributed by atoms with Crippen LogP contribution in [-0.2, 0) is 6.54 Å². The summed E-state index contributed by atoms with van der Waals surface area (Å²) in [5.74, 6) is 0.715. The number of methoxy groups -OCH3 is 1. The van der Waals surface area contributed by atoms with E-state index in [0.717, 1.165) is 27.9 Å². The van der Waals surface area contributed by atoms with Crippen molar-refractivity contribution >= 4 is 39.8 Å². The second-order valence-corrected chi connectivity index (χ2v) is 7.53. The lowest BCUT2D eigenvalue weighted by Gasteiger charge is -2.09. The van der Waals surface area contributed by atoms with Gasteiger partial charge in [-0.15, -0.1) is 0 Å². The Hall–Kier alpha value is -2.63. The maximum Gasteiger partial charge on any atom is 0.206 e. The number of rotatable bonds is 5. The highest BCUT2D eigenvalue weighted by atomic mass is 35.5. The molecule has 0 saturated heterocycles. The summed E-state index contributed by atoms with van der Waals surface area (Å²) in [5.41, 5.74) is 3.73. The molecule has 0 radical (unpaired) electrons. The third kappa shape index (κ3) is 3.24. The number of carbonyl (C=O) groups is 1. The second-order valence-electron chi connectivity index (χ2n) is 6.26. The fraction of sp³-hybridized carbons (Fsp3) is 0.143. The molecule has 6 heteroatoms. The summed E-state index contributed by atoms with van der Waals surface area (Å²) in [6.45, 7) is 2.64. The van der Waals surface area contributed by atoms with Gasteiger partial charge in [0.15, 0.2) is 0 Å². The average molecular weight is 397 g/mol. The molecule has 4 rings (SSSR count). The van der Waals surface area contributed by atoms with Crippen LogP contribution in [0.15, 0.2) is 54.7 Å². The van der Waals surface area contributed by atoms with Gasteiger partial charge in [-0.05, 0) is 60.4 Å². The van der Waals surface area contributed by atoms with E-state index < -0.39 is 0 Å². The standard InChI is InChI=1S/C21H17ClN2O2S/c1-13-20(21(25)19-9-10-23-27-19)17-11-16(26-2)7-8-18(17)24(13)12-14-3-5-15(22)6-4-14/h3-11H,12H2,1-2H3. The highest BCUT2D eigenvalue weighted by Gasteiger charge is 2.22. The summed E-state index contributed by atoms with van der Waals surface area (Å²) in [4.78, 5) is 13.8. The number of ether oxygens (including phenoxy) is 1. The van der Waals surface area contributed by atoms with E-state index in [9.17, 15) is 4.79 Å². The van der Waals surface area contributed by atoms with Gasteiger partial charge in [-0.3, -0.25) is 4.79 Å². The molecule has 2 aromatic carbocycles. The van der Waals surface area contributed by atoms with Gasteiger partial charge in [0, 0.05) is 34.4 Å². The summed E-state index contributed by atoms with van der Waals surface area (Å²) in [5, 5.41) is 1.60. The van der Waals surface area contributed by atoms with Gasteiger partial charge in [-0.25, -0.2) is 4.37 Å².